The average Bonchev–Trinajstić information content (AvgIpc) is 2.87. The van der Waals surface area contributed by atoms with Crippen molar-refractivity contribution in [3.8, 4) is 0 Å². The molecule has 16 heavy (non-hydrogen) atoms. The molecule has 1 N–H and O–H groups in total. The van der Waals surface area contributed by atoms with E-state index in [1.54, 1.807) is 0 Å². The first-order valence-corrected chi connectivity index (χ1v) is 12.1. The molecular formula is C10H24I2N4. The van der Waals surface area contributed by atoms with Gasteiger partial charge in [0.15, 0.2) is 5.82 Å². The fourth-order valence-corrected chi connectivity index (χ4v) is 1.18. The first kappa shape index (κ1) is 18.9. The van der Waals surface area contributed by atoms with Crippen molar-refractivity contribution in [3.63, 3.8) is 0 Å². The van der Waals surface area contributed by atoms with Crippen LogP contribution < -0.4 is 0 Å². The van der Waals surface area contributed by atoms with Gasteiger partial charge in [-0.25, -0.2) is 0 Å². The summed E-state index contributed by atoms with van der Waals surface area (Å²) in [4.78, 5) is 0. The van der Waals surface area contributed by atoms with E-state index < -0.39 is 0 Å². The second-order valence-electron chi connectivity index (χ2n) is 2.99. The van der Waals surface area contributed by atoms with Gasteiger partial charge >= 0.3 is 0 Å². The molecule has 1 aromatic rings. The van der Waals surface area contributed by atoms with Crippen LogP contribution in [0.1, 0.15) is 60.1 Å². The molecule has 0 saturated carbocycles. The van der Waals surface area contributed by atoms with Crippen molar-refractivity contribution >= 4 is 37.2 Å². The SMILES string of the molecule is CC.CCCCCCCc1nn[nH]n1.II.[HH]. The predicted molar refractivity (Wildman–Crippen MR) is 88.1 cm³/mol. The Morgan fingerprint density at radius 3 is 2.25 bits per heavy atom. The largest absolute Gasteiger partial charge is 0.177 e. The first-order valence-electron chi connectivity index (χ1n) is 5.80. The van der Waals surface area contributed by atoms with Crippen molar-refractivity contribution in [3.05, 3.63) is 5.82 Å². The molecule has 0 radical (unpaired) electrons. The van der Waals surface area contributed by atoms with E-state index in [9.17, 15) is 0 Å². The summed E-state index contributed by atoms with van der Waals surface area (Å²) in [6.45, 7) is 6.22. The van der Waals surface area contributed by atoms with E-state index in [-0.39, 0.29) is 1.43 Å². The van der Waals surface area contributed by atoms with Crippen molar-refractivity contribution in [1.29, 1.82) is 0 Å². The summed E-state index contributed by atoms with van der Waals surface area (Å²) in [5, 5.41) is 13.7. The summed E-state index contributed by atoms with van der Waals surface area (Å²) < 4.78 is 0. The Hall–Kier alpha value is 0.530. The van der Waals surface area contributed by atoms with Gasteiger partial charge in [-0.2, -0.15) is 5.21 Å². The van der Waals surface area contributed by atoms with Gasteiger partial charge in [-0.3, -0.25) is 0 Å². The number of aryl methyl sites for hydroxylation is 1. The van der Waals surface area contributed by atoms with Crippen molar-refractivity contribution in [2.45, 2.75) is 59.3 Å². The normalized spacial score (nSPS) is 8.56. The van der Waals surface area contributed by atoms with Crippen LogP contribution in [0, 0.1) is 0 Å². The molecule has 4 nitrogen and oxygen atoms in total. The minimum absolute atomic E-state index is 0. The molecule has 0 aliphatic heterocycles. The molecule has 1 rings (SSSR count). The highest BCUT2D eigenvalue weighted by Crippen LogP contribution is 2.04. The molecule has 0 aromatic carbocycles. The molecule has 0 fully saturated rings. The van der Waals surface area contributed by atoms with Gasteiger partial charge in [-0.15, -0.1) is 10.2 Å². The number of aromatic nitrogens is 4. The number of hydrogen-bond acceptors (Lipinski definition) is 3. The van der Waals surface area contributed by atoms with Crippen molar-refractivity contribution in [2.24, 2.45) is 0 Å². The monoisotopic (exact) mass is 454 g/mol. The van der Waals surface area contributed by atoms with Crippen LogP contribution >= 0.6 is 37.2 Å². The maximum Gasteiger partial charge on any atom is 0.174 e. The molecule has 1 heterocycles. The zero-order valence-corrected chi connectivity index (χ0v) is 14.7. The smallest absolute Gasteiger partial charge is 0.174 e. The summed E-state index contributed by atoms with van der Waals surface area (Å²) in [7, 11) is 0. The third kappa shape index (κ3) is 12.6. The van der Waals surface area contributed by atoms with Gasteiger partial charge in [0.2, 0.25) is 0 Å². The lowest BCUT2D eigenvalue weighted by atomic mass is 10.1. The predicted octanol–water partition coefficient (Wildman–Crippen LogP) is 4.76. The number of halogens is 2. The van der Waals surface area contributed by atoms with Crippen LogP contribution in [0.3, 0.4) is 0 Å². The van der Waals surface area contributed by atoms with Crippen LogP contribution in [0.5, 0.6) is 0 Å². The maximum absolute atomic E-state index is 3.89. The Kier molecular flexibility index (Phi) is 21.1. The number of nitrogens with one attached hydrogen (secondary N) is 1. The topological polar surface area (TPSA) is 54.5 Å². The van der Waals surface area contributed by atoms with Crippen molar-refractivity contribution < 1.29 is 1.43 Å². The van der Waals surface area contributed by atoms with Gasteiger partial charge in [0, 0.05) is 45.1 Å². The lowest BCUT2D eigenvalue weighted by Crippen LogP contribution is -1.88. The van der Waals surface area contributed by atoms with Crippen LogP contribution in [-0.4, -0.2) is 20.6 Å². The second kappa shape index (κ2) is 17.9. The van der Waals surface area contributed by atoms with Crippen LogP contribution in [0.2, 0.25) is 0 Å². The Labute approximate surface area is 124 Å². The Bertz CT molecular complexity index is 198. The van der Waals surface area contributed by atoms with E-state index in [2.05, 4.69) is 64.8 Å². The van der Waals surface area contributed by atoms with Crippen LogP contribution in [0.15, 0.2) is 0 Å². The van der Waals surface area contributed by atoms with E-state index in [1.807, 2.05) is 13.8 Å². The van der Waals surface area contributed by atoms with E-state index in [4.69, 9.17) is 0 Å². The minimum Gasteiger partial charge on any atom is -0.177 e. The molecule has 0 unspecified atom stereocenters. The molecular weight excluding hydrogens is 430 g/mol. The highest BCUT2D eigenvalue weighted by atomic mass is 128. The van der Waals surface area contributed by atoms with E-state index >= 15 is 0 Å². The molecule has 0 saturated heterocycles. The first-order chi connectivity index (χ1) is 7.93. The van der Waals surface area contributed by atoms with Gasteiger partial charge in [0.05, 0.1) is 0 Å². The number of rotatable bonds is 6. The Morgan fingerprint density at radius 1 is 1.12 bits per heavy atom. The number of aromatic amines is 1. The summed E-state index contributed by atoms with van der Waals surface area (Å²) in [6, 6.07) is 0. The zero-order chi connectivity index (χ0) is 12.6. The molecule has 98 valence electrons. The standard InChI is InChI=1S/C8H16N4.C2H6.I2.H2/c1-2-3-4-5-6-7-8-9-11-12-10-8;2*1-2;/h2-7H2,1H3,(H,9,10,11,12);1-2H3;;1H. The van der Waals surface area contributed by atoms with E-state index in [0.29, 0.717) is 0 Å². The maximum atomic E-state index is 3.89. The molecule has 0 bridgehead atoms. The quantitative estimate of drug-likeness (QED) is 0.499. The van der Waals surface area contributed by atoms with E-state index in [0.717, 1.165) is 12.2 Å². The lowest BCUT2D eigenvalue weighted by Gasteiger charge is -1.95. The van der Waals surface area contributed by atoms with Crippen LogP contribution in [-0.2, 0) is 6.42 Å². The van der Waals surface area contributed by atoms with Gasteiger partial charge < -0.3 is 0 Å². The molecule has 6 heteroatoms. The zero-order valence-electron chi connectivity index (χ0n) is 10.3. The van der Waals surface area contributed by atoms with E-state index in [1.165, 1.54) is 32.1 Å². The summed E-state index contributed by atoms with van der Waals surface area (Å²) >= 11 is 4.24. The number of unbranched alkanes of at least 4 members (excludes halogenated alkanes) is 4. The third-order valence-electron chi connectivity index (χ3n) is 1.89. The Morgan fingerprint density at radius 2 is 1.75 bits per heavy atom. The third-order valence-corrected chi connectivity index (χ3v) is 1.89. The number of hydrogen-bond donors (Lipinski definition) is 1. The molecule has 0 amide bonds. The summed E-state index contributed by atoms with van der Waals surface area (Å²) in [5.74, 6) is 0.839. The molecule has 0 spiro atoms. The van der Waals surface area contributed by atoms with Crippen LogP contribution in [0.4, 0.5) is 0 Å². The molecule has 1 aromatic heterocycles. The lowest BCUT2D eigenvalue weighted by molar-refractivity contribution is 0.623. The molecule has 0 aliphatic carbocycles. The van der Waals surface area contributed by atoms with Gasteiger partial charge in [-0.1, -0.05) is 51.7 Å². The van der Waals surface area contributed by atoms with Gasteiger partial charge in [0.1, 0.15) is 0 Å². The molecule has 0 aliphatic rings. The number of nitrogens with zero attached hydrogens (tertiary/aromatic N) is 3. The summed E-state index contributed by atoms with van der Waals surface area (Å²) in [6.07, 6.45) is 7.38. The highest BCUT2D eigenvalue weighted by Gasteiger charge is 1.96. The van der Waals surface area contributed by atoms with Crippen LogP contribution in [0.25, 0.3) is 0 Å². The fraction of sp³-hybridized carbons (Fsp3) is 0.900. The van der Waals surface area contributed by atoms with Crippen molar-refractivity contribution in [2.75, 3.05) is 0 Å². The second-order valence-corrected chi connectivity index (χ2v) is 2.99. The van der Waals surface area contributed by atoms with Gasteiger partial charge in [0.25, 0.3) is 0 Å². The average molecular weight is 454 g/mol. The number of H-pyrrole nitrogens is 1. The molecule has 0 atom stereocenters. The Balaban J connectivity index is -0.000000355. The van der Waals surface area contributed by atoms with Gasteiger partial charge in [-0.05, 0) is 6.42 Å². The number of tetrazole rings is 1. The highest BCUT2D eigenvalue weighted by molar-refractivity contribution is 15.0. The summed E-state index contributed by atoms with van der Waals surface area (Å²) in [5.41, 5.74) is 0. The fourth-order valence-electron chi connectivity index (χ4n) is 1.18. The van der Waals surface area contributed by atoms with Crippen molar-refractivity contribution in [1.82, 2.24) is 20.6 Å². The minimum atomic E-state index is 0.